The average Bonchev–Trinajstić information content (AvgIpc) is 2.97. The summed E-state index contributed by atoms with van der Waals surface area (Å²) in [5.41, 5.74) is 5.63. The van der Waals surface area contributed by atoms with Gasteiger partial charge in [-0.15, -0.1) is 11.3 Å². The monoisotopic (exact) mass is 416 g/mol. The summed E-state index contributed by atoms with van der Waals surface area (Å²) >= 11 is 2.11. The number of nitrogens with two attached hydrogens (primary N) is 1. The van der Waals surface area contributed by atoms with Gasteiger partial charge >= 0.3 is 6.18 Å². The number of hydrogen-bond donors (Lipinski definition) is 2. The van der Waals surface area contributed by atoms with Crippen LogP contribution in [0.2, 0.25) is 0 Å². The molecule has 3 N–H and O–H groups in total. The molecule has 2 aromatic heterocycles. The number of amides is 2. The van der Waals surface area contributed by atoms with Crippen molar-refractivity contribution >= 4 is 39.9 Å². The predicted molar refractivity (Wildman–Crippen MR) is 95.9 cm³/mol. The van der Waals surface area contributed by atoms with E-state index in [-0.39, 0.29) is 10.9 Å². The van der Waals surface area contributed by atoms with Crippen molar-refractivity contribution in [1.29, 1.82) is 0 Å². The van der Waals surface area contributed by atoms with E-state index in [1.54, 1.807) is 0 Å². The largest absolute Gasteiger partial charge is 0.433 e. The number of aryl methyl sites for hydroxylation is 1. The quantitative estimate of drug-likeness (QED) is 0.576. The smallest absolute Gasteiger partial charge is 0.365 e. The van der Waals surface area contributed by atoms with Crippen LogP contribution in [0.25, 0.3) is 0 Å². The predicted octanol–water partition coefficient (Wildman–Crippen LogP) is 3.27. The number of alkyl halides is 3. The fourth-order valence-electron chi connectivity index (χ4n) is 2.78. The summed E-state index contributed by atoms with van der Waals surface area (Å²) in [6.45, 7) is 0. The van der Waals surface area contributed by atoms with Crippen LogP contribution >= 0.6 is 23.1 Å². The third kappa shape index (κ3) is 4.59. The number of nitrogens with one attached hydrogen (secondary N) is 1. The third-order valence-electron chi connectivity index (χ3n) is 3.93. The molecule has 1 aliphatic carbocycles. The Kier molecular flexibility index (Phi) is 5.70. The van der Waals surface area contributed by atoms with Gasteiger partial charge in [-0.3, -0.25) is 9.59 Å². The van der Waals surface area contributed by atoms with Crippen LogP contribution < -0.4 is 11.1 Å². The summed E-state index contributed by atoms with van der Waals surface area (Å²) in [5.74, 6) is -1.26. The normalized spacial score (nSPS) is 13.9. The van der Waals surface area contributed by atoms with Gasteiger partial charge < -0.3 is 11.1 Å². The van der Waals surface area contributed by atoms with E-state index in [0.717, 1.165) is 60.1 Å². The average molecular weight is 416 g/mol. The molecule has 0 saturated carbocycles. The topological polar surface area (TPSA) is 98.0 Å². The second kappa shape index (κ2) is 7.85. The summed E-state index contributed by atoms with van der Waals surface area (Å²) in [6, 6.07) is 0.763. The first-order chi connectivity index (χ1) is 12.8. The van der Waals surface area contributed by atoms with Crippen LogP contribution in [0.3, 0.4) is 0 Å². The Morgan fingerprint density at radius 3 is 2.74 bits per heavy atom. The summed E-state index contributed by atoms with van der Waals surface area (Å²) < 4.78 is 38.0. The molecule has 3 rings (SSSR count). The van der Waals surface area contributed by atoms with Gasteiger partial charge in [-0.2, -0.15) is 13.2 Å². The minimum Gasteiger partial charge on any atom is -0.365 e. The molecule has 0 atom stereocenters. The van der Waals surface area contributed by atoms with E-state index in [2.05, 4.69) is 15.3 Å². The first kappa shape index (κ1) is 19.6. The van der Waals surface area contributed by atoms with Gasteiger partial charge in [0.15, 0.2) is 5.16 Å². The number of nitrogens with zero attached hydrogens (tertiary/aromatic N) is 2. The van der Waals surface area contributed by atoms with Gasteiger partial charge in [0.25, 0.3) is 5.91 Å². The maximum atomic E-state index is 12.7. The number of aromatic nitrogens is 2. The molecule has 6 nitrogen and oxygen atoms in total. The minimum absolute atomic E-state index is 0.152. The van der Waals surface area contributed by atoms with Crippen molar-refractivity contribution < 1.29 is 22.8 Å². The van der Waals surface area contributed by atoms with Crippen molar-refractivity contribution in [2.45, 2.75) is 37.0 Å². The Labute approximate surface area is 160 Å². The highest BCUT2D eigenvalue weighted by Gasteiger charge is 2.33. The maximum Gasteiger partial charge on any atom is 0.433 e. The van der Waals surface area contributed by atoms with Crippen LogP contribution in [0.5, 0.6) is 0 Å². The van der Waals surface area contributed by atoms with Crippen molar-refractivity contribution in [1.82, 2.24) is 9.97 Å². The van der Waals surface area contributed by atoms with Crippen LogP contribution in [0, 0.1) is 0 Å². The first-order valence-corrected chi connectivity index (χ1v) is 9.83. The van der Waals surface area contributed by atoms with Crippen LogP contribution in [-0.4, -0.2) is 27.5 Å². The molecule has 0 aromatic carbocycles. The Morgan fingerprint density at radius 1 is 1.30 bits per heavy atom. The number of carbonyl (C=O) groups excluding carboxylic acids is 2. The van der Waals surface area contributed by atoms with Crippen LogP contribution in [0.1, 0.15) is 39.3 Å². The number of fused-ring (bicyclic) bond motifs is 1. The summed E-state index contributed by atoms with van der Waals surface area (Å²) in [6.07, 6.45) is -0.0285. The van der Waals surface area contributed by atoms with E-state index >= 15 is 0 Å². The lowest BCUT2D eigenvalue weighted by Gasteiger charge is -2.11. The summed E-state index contributed by atoms with van der Waals surface area (Å²) in [4.78, 5) is 32.2. The molecule has 11 heteroatoms. The Balaban J connectivity index is 1.68. The molecule has 0 radical (unpaired) electrons. The van der Waals surface area contributed by atoms with E-state index in [9.17, 15) is 22.8 Å². The highest BCUT2D eigenvalue weighted by molar-refractivity contribution is 7.99. The molecule has 27 heavy (non-hydrogen) atoms. The lowest BCUT2D eigenvalue weighted by molar-refractivity contribution is -0.141. The molecule has 0 aliphatic heterocycles. The van der Waals surface area contributed by atoms with Crippen molar-refractivity contribution in [2.24, 2.45) is 5.73 Å². The van der Waals surface area contributed by atoms with Gasteiger partial charge in [-0.05, 0) is 37.3 Å². The second-order valence-corrected chi connectivity index (χ2v) is 7.89. The van der Waals surface area contributed by atoms with Crippen LogP contribution in [-0.2, 0) is 23.8 Å². The number of anilines is 1. The van der Waals surface area contributed by atoms with Gasteiger partial charge in [-0.1, -0.05) is 11.8 Å². The SMILES string of the molecule is NC(=O)c1c(NC(=O)CSc2nccc(C(F)(F)F)n2)sc2c1CCCC2. The number of halogens is 3. The fraction of sp³-hybridized carbons (Fsp3) is 0.375. The molecule has 144 valence electrons. The molecule has 0 unspecified atom stereocenters. The van der Waals surface area contributed by atoms with Crippen LogP contribution in [0.4, 0.5) is 18.2 Å². The highest BCUT2D eigenvalue weighted by atomic mass is 32.2. The van der Waals surface area contributed by atoms with Gasteiger partial charge in [0.2, 0.25) is 5.91 Å². The molecule has 2 heterocycles. The Bertz CT molecular complexity index is 883. The van der Waals surface area contributed by atoms with Crippen molar-refractivity contribution in [3.63, 3.8) is 0 Å². The minimum atomic E-state index is -4.58. The molecule has 2 aromatic rings. The molecule has 0 bridgehead atoms. The number of thiophene rings is 1. The third-order valence-corrected chi connectivity index (χ3v) is 6.00. The molecule has 0 saturated heterocycles. The lowest BCUT2D eigenvalue weighted by atomic mass is 9.95. The Morgan fingerprint density at radius 2 is 2.04 bits per heavy atom. The van der Waals surface area contributed by atoms with Crippen molar-refractivity contribution in [3.05, 3.63) is 34.0 Å². The summed E-state index contributed by atoms with van der Waals surface area (Å²) in [5, 5.41) is 2.89. The maximum absolute atomic E-state index is 12.7. The van der Waals surface area contributed by atoms with E-state index in [1.165, 1.54) is 11.3 Å². The summed E-state index contributed by atoms with van der Waals surface area (Å²) in [7, 11) is 0. The van der Waals surface area contributed by atoms with Crippen molar-refractivity contribution in [3.8, 4) is 0 Å². The molecule has 0 spiro atoms. The van der Waals surface area contributed by atoms with E-state index in [1.807, 2.05) is 0 Å². The molecule has 1 aliphatic rings. The zero-order valence-electron chi connectivity index (χ0n) is 13.9. The number of hydrogen-bond acceptors (Lipinski definition) is 6. The van der Waals surface area contributed by atoms with Crippen molar-refractivity contribution in [2.75, 3.05) is 11.1 Å². The van der Waals surface area contributed by atoms with Gasteiger partial charge in [-0.25, -0.2) is 9.97 Å². The standard InChI is InChI=1S/C16H15F3N4O2S2/c17-16(18,19)10-5-6-21-15(22-10)26-7-11(24)23-14-12(13(20)25)8-3-1-2-4-9(8)27-14/h5-6H,1-4,7H2,(H2,20,25)(H,23,24). The molecular weight excluding hydrogens is 401 g/mol. The van der Waals surface area contributed by atoms with E-state index in [0.29, 0.717) is 10.6 Å². The number of thioether (sulfide) groups is 1. The number of carbonyl (C=O) groups is 2. The van der Waals surface area contributed by atoms with Gasteiger partial charge in [0, 0.05) is 11.1 Å². The highest BCUT2D eigenvalue weighted by Crippen LogP contribution is 2.38. The second-order valence-electron chi connectivity index (χ2n) is 5.84. The van der Waals surface area contributed by atoms with E-state index in [4.69, 9.17) is 5.73 Å². The fourth-order valence-corrected chi connectivity index (χ4v) is 4.72. The number of primary amides is 1. The van der Waals surface area contributed by atoms with Gasteiger partial charge in [0.05, 0.1) is 11.3 Å². The first-order valence-electron chi connectivity index (χ1n) is 8.03. The zero-order chi connectivity index (χ0) is 19.6. The van der Waals surface area contributed by atoms with Gasteiger partial charge in [0.1, 0.15) is 10.7 Å². The molecule has 0 fully saturated rings. The van der Waals surface area contributed by atoms with E-state index < -0.39 is 23.7 Å². The molecule has 2 amide bonds. The zero-order valence-corrected chi connectivity index (χ0v) is 15.6. The number of rotatable bonds is 5. The Hall–Kier alpha value is -2.14. The van der Waals surface area contributed by atoms with Crippen LogP contribution in [0.15, 0.2) is 17.4 Å². The lowest BCUT2D eigenvalue weighted by Crippen LogP contribution is -2.19. The molecular formula is C16H15F3N4O2S2.